The van der Waals surface area contributed by atoms with Crippen LogP contribution in [0.25, 0.3) is 31.9 Å². The van der Waals surface area contributed by atoms with E-state index in [2.05, 4.69) is 66.9 Å². The molecule has 9 aliphatic heterocycles. The smallest absolute Gasteiger partial charge is 0.684 e. The summed E-state index contributed by atoms with van der Waals surface area (Å²) < 4.78 is 0. The van der Waals surface area contributed by atoms with Gasteiger partial charge in [-0.05, 0) is 78.5 Å². The summed E-state index contributed by atoms with van der Waals surface area (Å²) in [6.45, 7) is 26.0. The molecular weight excluding hydrogens is 1030 g/mol. The summed E-state index contributed by atoms with van der Waals surface area (Å²) in [7, 11) is 0. The van der Waals surface area contributed by atoms with Crippen LogP contribution in [0, 0.1) is 20.0 Å². The third-order valence-corrected chi connectivity index (χ3v) is 13.1. The van der Waals surface area contributed by atoms with Gasteiger partial charge in [0, 0.05) is 0 Å². The van der Waals surface area contributed by atoms with Crippen molar-refractivity contribution in [3.8, 4) is 0 Å². The van der Waals surface area contributed by atoms with Gasteiger partial charge in [-0.1, -0.05) is 121 Å². The number of allylic oxidation sites excluding steroid dienone is 2. The van der Waals surface area contributed by atoms with E-state index < -0.39 is 0 Å². The zero-order valence-corrected chi connectivity index (χ0v) is 40.9. The van der Waals surface area contributed by atoms with Crippen LogP contribution in [0.5, 0.6) is 0 Å². The van der Waals surface area contributed by atoms with Crippen LogP contribution in [0.4, 0.5) is 0 Å². The predicted molar refractivity (Wildman–Crippen MR) is 237 cm³/mol. The molecule has 60 heavy (non-hydrogen) atoms. The van der Waals surface area contributed by atoms with E-state index in [1.165, 1.54) is 122 Å². The molecule has 6 unspecified atom stereocenters. The first kappa shape index (κ1) is 53.7. The maximum atomic E-state index is 4.73. The Balaban J connectivity index is 0.000000194. The van der Waals surface area contributed by atoms with Crippen LogP contribution in [-0.2, 0) is 67.1 Å². The topological polar surface area (TPSA) is 104 Å². The molecule has 12 nitrogen and oxygen atoms in total. The molecule has 0 N–H and O–H groups in total. The zero-order chi connectivity index (χ0) is 38.7. The number of nitrogens with zero attached hydrogens (tertiary/aromatic N) is 12. The van der Waals surface area contributed by atoms with Crippen LogP contribution in [0.1, 0.15) is 96.3 Å². The molecule has 8 saturated heterocycles. The van der Waals surface area contributed by atoms with Crippen LogP contribution < -0.4 is 0 Å². The quantitative estimate of drug-likeness (QED) is 0.147. The minimum atomic E-state index is 0. The Bertz CT molecular complexity index is 1040. The number of hydrogen-bond acceptors (Lipinski definition) is 6. The molecule has 0 saturated carbocycles. The van der Waals surface area contributed by atoms with E-state index in [0.717, 1.165) is 85.1 Å². The molecule has 0 bridgehead atoms. The van der Waals surface area contributed by atoms with Crippen LogP contribution >= 0.6 is 0 Å². The predicted octanol–water partition coefficient (Wildman–Crippen LogP) is 7.62. The van der Waals surface area contributed by atoms with Crippen molar-refractivity contribution in [2.24, 2.45) is 0 Å². The van der Waals surface area contributed by atoms with Crippen molar-refractivity contribution in [3.05, 3.63) is 76.3 Å². The summed E-state index contributed by atoms with van der Waals surface area (Å²) >= 11 is 0. The van der Waals surface area contributed by atoms with Gasteiger partial charge in [-0.3, -0.25) is 0 Å². The van der Waals surface area contributed by atoms with Gasteiger partial charge >= 0.3 is 67.1 Å². The molecule has 8 fully saturated rings. The van der Waals surface area contributed by atoms with Crippen molar-refractivity contribution >= 4 is 0 Å². The molecule has 15 heteroatoms. The number of rotatable bonds is 12. The fraction of sp³-hybridized carbons (Fsp3) is 0.844. The van der Waals surface area contributed by atoms with Gasteiger partial charge < -0.3 is 61.3 Å². The van der Waals surface area contributed by atoms with Crippen molar-refractivity contribution in [1.82, 2.24) is 29.4 Å². The summed E-state index contributed by atoms with van der Waals surface area (Å²) in [5, 5.41) is 28.1. The van der Waals surface area contributed by atoms with E-state index in [0.29, 0.717) is 36.3 Å². The van der Waals surface area contributed by atoms with Gasteiger partial charge in [-0.15, -0.1) is 62.9 Å². The van der Waals surface area contributed by atoms with Crippen molar-refractivity contribution in [1.29, 1.82) is 0 Å². The van der Waals surface area contributed by atoms with E-state index in [1.807, 2.05) is 12.3 Å². The first-order chi connectivity index (χ1) is 28.2. The molecule has 0 aromatic carbocycles. The third-order valence-electron chi connectivity index (χ3n) is 13.1. The normalized spacial score (nSPS) is 32.3. The molecule has 0 spiro atoms. The third kappa shape index (κ3) is 19.9. The minimum absolute atomic E-state index is 0. The largest absolute Gasteiger partial charge is 1.00 e. The summed E-state index contributed by atoms with van der Waals surface area (Å²) in [5.41, 5.74) is 0. The second-order valence-electron chi connectivity index (χ2n) is 18.0. The van der Waals surface area contributed by atoms with Gasteiger partial charge in [0.15, 0.2) is 0 Å². The van der Waals surface area contributed by atoms with Gasteiger partial charge in [0.25, 0.3) is 0 Å². The van der Waals surface area contributed by atoms with E-state index in [4.69, 9.17) is 26.6 Å². The monoisotopic (exact) mass is 1110 g/mol. The molecule has 0 amide bonds. The number of hydrogen-bond donors (Lipinski definition) is 0. The second-order valence-corrected chi connectivity index (χ2v) is 18.0. The molecular formula is C45H77Ag3N12-6. The van der Waals surface area contributed by atoms with Gasteiger partial charge in [0.05, 0.1) is 0 Å². The Morgan fingerprint density at radius 3 is 0.883 bits per heavy atom. The Hall–Kier alpha value is 1.06. The van der Waals surface area contributed by atoms with Crippen molar-refractivity contribution in [2.75, 3.05) is 111 Å². The Labute approximate surface area is 413 Å². The second kappa shape index (κ2) is 31.1. The standard InChI is InChI=1S/2C15H27N4.C15H23N4.3Ag/c3*1-3-7-16-14(5-1)11-18-9-10-19(13-18)12-15-6-2-4-8-17-15;;;/h2*13-15H,1-12H2;1,3,5,7,13-15H,2,4,6,8-12H2;;;/q3*-3;3*+1. The molecule has 356 valence electrons. The van der Waals surface area contributed by atoms with E-state index in [-0.39, 0.29) is 67.1 Å². The summed E-state index contributed by atoms with van der Waals surface area (Å²) in [6.07, 6.45) is 27.9. The molecule has 0 aromatic rings. The van der Waals surface area contributed by atoms with Crippen LogP contribution in [0.2, 0.25) is 0 Å². The van der Waals surface area contributed by atoms with Gasteiger partial charge in [0.2, 0.25) is 0 Å². The van der Waals surface area contributed by atoms with E-state index in [9.17, 15) is 0 Å². The van der Waals surface area contributed by atoms with E-state index >= 15 is 0 Å². The first-order valence-electron chi connectivity index (χ1n) is 23.6. The molecule has 6 atom stereocenters. The zero-order valence-electron chi connectivity index (χ0n) is 36.4. The van der Waals surface area contributed by atoms with E-state index in [1.54, 1.807) is 0 Å². The van der Waals surface area contributed by atoms with Crippen molar-refractivity contribution < 1.29 is 67.1 Å². The molecule has 9 rings (SSSR count). The first-order valence-corrected chi connectivity index (χ1v) is 23.6. The maximum Gasteiger partial charge on any atom is 1.00 e. The molecule has 0 radical (unpaired) electrons. The Morgan fingerprint density at radius 2 is 0.650 bits per heavy atom. The summed E-state index contributed by atoms with van der Waals surface area (Å²) in [5.74, 6) is 0. The fourth-order valence-corrected chi connectivity index (χ4v) is 9.82. The fourth-order valence-electron chi connectivity index (χ4n) is 9.82. The average molecular weight is 1110 g/mol. The maximum absolute atomic E-state index is 4.73. The van der Waals surface area contributed by atoms with Crippen LogP contribution in [-0.4, -0.2) is 177 Å². The van der Waals surface area contributed by atoms with Gasteiger partial charge in [0.1, 0.15) is 0 Å². The van der Waals surface area contributed by atoms with Gasteiger partial charge in [-0.25, -0.2) is 20.0 Å². The molecule has 9 aliphatic rings. The average Bonchev–Trinajstić information content (AvgIpc) is 4.02. The summed E-state index contributed by atoms with van der Waals surface area (Å²) in [6, 6.07) is 3.23. The Kier molecular flexibility index (Phi) is 27.8. The van der Waals surface area contributed by atoms with Crippen LogP contribution in [0.15, 0.2) is 24.4 Å². The molecule has 0 aromatic heterocycles. The van der Waals surface area contributed by atoms with Crippen molar-refractivity contribution in [3.63, 3.8) is 0 Å². The van der Waals surface area contributed by atoms with Crippen molar-refractivity contribution in [2.45, 2.75) is 133 Å². The van der Waals surface area contributed by atoms with Crippen LogP contribution in [0.3, 0.4) is 0 Å². The van der Waals surface area contributed by atoms with Gasteiger partial charge in [-0.2, -0.15) is 6.20 Å². The molecule has 0 aliphatic carbocycles. The molecule has 9 heterocycles. The minimum Gasteiger partial charge on any atom is -0.684 e. The Morgan fingerprint density at radius 1 is 0.367 bits per heavy atom. The summed E-state index contributed by atoms with van der Waals surface area (Å²) in [4.78, 5) is 14.7. The number of piperidine rings is 5. The SMILES string of the molecule is C1=C[N-]C(CN2[CH-]N(CC3CCCC[N-]3)CC2)C=C1.[Ag+].[Ag+].[Ag+].[CH-]1N(CC2CCCC[N-]2)CCN1CC1CCCC[N-]1.[CH-]1N(CC2CCCC[N-]2)CCN1CC1CCCC[N-]1.